The largest absolute Gasteiger partial charge is 0.496 e. The molecule has 0 radical (unpaired) electrons. The van der Waals surface area contributed by atoms with Crippen LogP contribution in [0.2, 0.25) is 0 Å². The lowest BCUT2D eigenvalue weighted by Gasteiger charge is -2.34. The molecule has 0 fully saturated rings. The van der Waals surface area contributed by atoms with Gasteiger partial charge in [0.25, 0.3) is 0 Å². The topological polar surface area (TPSA) is 94.8 Å². The number of methoxy groups -OCH3 is 5. The molecule has 1 aliphatic rings. The van der Waals surface area contributed by atoms with E-state index in [0.29, 0.717) is 52.1 Å². The van der Waals surface area contributed by atoms with Crippen molar-refractivity contribution in [1.29, 1.82) is 0 Å². The Hall–Kier alpha value is -4.27. The van der Waals surface area contributed by atoms with Gasteiger partial charge in [-0.3, -0.25) is 4.79 Å². The highest BCUT2D eigenvalue weighted by molar-refractivity contribution is 6.10. The number of fused-ring (bicyclic) bond motifs is 5. The molecule has 2 heterocycles. The first-order valence-electron chi connectivity index (χ1n) is 11.7. The van der Waals surface area contributed by atoms with E-state index < -0.39 is 18.2 Å². The Labute approximate surface area is 213 Å². The smallest absolute Gasteiger partial charge is 0.303 e. The van der Waals surface area contributed by atoms with E-state index in [1.165, 1.54) is 6.92 Å². The van der Waals surface area contributed by atoms with Crippen LogP contribution in [0.5, 0.6) is 34.5 Å². The summed E-state index contributed by atoms with van der Waals surface area (Å²) in [5.41, 5.74) is 2.72. The highest BCUT2D eigenvalue weighted by Crippen LogP contribution is 2.50. The van der Waals surface area contributed by atoms with Gasteiger partial charge in [0.05, 0.1) is 40.9 Å². The zero-order valence-corrected chi connectivity index (χ0v) is 21.5. The van der Waals surface area contributed by atoms with Gasteiger partial charge in [-0.1, -0.05) is 6.07 Å². The van der Waals surface area contributed by atoms with Gasteiger partial charge in [0.1, 0.15) is 28.8 Å². The third kappa shape index (κ3) is 4.10. The minimum absolute atomic E-state index is 0.368. The molecule has 3 aromatic carbocycles. The SMILES string of the molecule is COc1ccc([C@H]2Oc3c(c(OC)cc4oc5cc(OC)c(OC)cc5c34)C[C@@H]2OC(C)=O)cc1OC. The Morgan fingerprint density at radius 1 is 0.784 bits per heavy atom. The lowest BCUT2D eigenvalue weighted by atomic mass is 9.92. The number of esters is 1. The molecule has 2 atom stereocenters. The molecule has 5 rings (SSSR count). The maximum atomic E-state index is 12.1. The van der Waals surface area contributed by atoms with Crippen LogP contribution in [-0.4, -0.2) is 47.6 Å². The highest BCUT2D eigenvalue weighted by atomic mass is 16.6. The van der Waals surface area contributed by atoms with Crippen LogP contribution in [0.4, 0.5) is 0 Å². The number of furan rings is 1. The van der Waals surface area contributed by atoms with E-state index in [9.17, 15) is 4.79 Å². The highest BCUT2D eigenvalue weighted by Gasteiger charge is 2.38. The summed E-state index contributed by atoms with van der Waals surface area (Å²) in [5, 5.41) is 1.56. The van der Waals surface area contributed by atoms with Gasteiger partial charge in [-0.25, -0.2) is 0 Å². The van der Waals surface area contributed by atoms with E-state index in [1.54, 1.807) is 47.7 Å². The fourth-order valence-electron chi connectivity index (χ4n) is 4.89. The molecule has 1 aliphatic heterocycles. The zero-order valence-electron chi connectivity index (χ0n) is 21.5. The van der Waals surface area contributed by atoms with Crippen LogP contribution in [0, 0.1) is 0 Å². The van der Waals surface area contributed by atoms with E-state index >= 15 is 0 Å². The molecule has 9 nitrogen and oxygen atoms in total. The van der Waals surface area contributed by atoms with E-state index in [2.05, 4.69) is 0 Å². The molecule has 194 valence electrons. The summed E-state index contributed by atoms with van der Waals surface area (Å²) >= 11 is 0. The number of carbonyl (C=O) groups excluding carboxylic acids is 1. The predicted octanol–water partition coefficient (Wildman–Crippen LogP) is 5.24. The quantitative estimate of drug-likeness (QED) is 0.311. The van der Waals surface area contributed by atoms with Crippen molar-refractivity contribution in [2.75, 3.05) is 35.5 Å². The van der Waals surface area contributed by atoms with Gasteiger partial charge in [0.15, 0.2) is 29.1 Å². The van der Waals surface area contributed by atoms with Gasteiger partial charge < -0.3 is 37.6 Å². The van der Waals surface area contributed by atoms with Crippen LogP contribution in [0.15, 0.2) is 40.8 Å². The summed E-state index contributed by atoms with van der Waals surface area (Å²) in [5.74, 6) is 2.98. The molecule has 0 saturated heterocycles. The lowest BCUT2D eigenvalue weighted by molar-refractivity contribution is -0.152. The normalized spacial score (nSPS) is 16.6. The molecule has 0 spiro atoms. The first-order valence-corrected chi connectivity index (χ1v) is 11.7. The van der Waals surface area contributed by atoms with Gasteiger partial charge in [-0.15, -0.1) is 0 Å². The van der Waals surface area contributed by atoms with Crippen LogP contribution in [0.3, 0.4) is 0 Å². The fourth-order valence-corrected chi connectivity index (χ4v) is 4.89. The van der Waals surface area contributed by atoms with Crippen LogP contribution in [0.25, 0.3) is 21.9 Å². The molecule has 0 saturated carbocycles. The molecule has 1 aromatic heterocycles. The first kappa shape index (κ1) is 24.4. The third-order valence-electron chi connectivity index (χ3n) is 6.54. The molecule has 0 N–H and O–H groups in total. The molecular weight excluding hydrogens is 480 g/mol. The van der Waals surface area contributed by atoms with Crippen molar-refractivity contribution < 1.29 is 42.4 Å². The van der Waals surface area contributed by atoms with Crippen molar-refractivity contribution in [1.82, 2.24) is 0 Å². The Morgan fingerprint density at radius 3 is 2.05 bits per heavy atom. The summed E-state index contributed by atoms with van der Waals surface area (Å²) < 4.78 is 46.2. The van der Waals surface area contributed by atoms with Crippen molar-refractivity contribution in [3.63, 3.8) is 0 Å². The lowest BCUT2D eigenvalue weighted by Crippen LogP contribution is -2.34. The number of hydrogen-bond acceptors (Lipinski definition) is 9. The molecular formula is C28H28O9. The minimum Gasteiger partial charge on any atom is -0.496 e. The molecule has 9 heteroatoms. The Morgan fingerprint density at radius 2 is 1.41 bits per heavy atom. The predicted molar refractivity (Wildman–Crippen MR) is 136 cm³/mol. The molecule has 37 heavy (non-hydrogen) atoms. The van der Waals surface area contributed by atoms with E-state index in [0.717, 1.165) is 21.9 Å². The third-order valence-corrected chi connectivity index (χ3v) is 6.54. The van der Waals surface area contributed by atoms with E-state index in [4.69, 9.17) is 37.6 Å². The summed E-state index contributed by atoms with van der Waals surface area (Å²) in [4.78, 5) is 12.1. The van der Waals surface area contributed by atoms with Crippen LogP contribution in [-0.2, 0) is 16.0 Å². The maximum absolute atomic E-state index is 12.1. The monoisotopic (exact) mass is 508 g/mol. The van der Waals surface area contributed by atoms with Crippen molar-refractivity contribution in [2.24, 2.45) is 0 Å². The summed E-state index contributed by atoms with van der Waals surface area (Å²) in [7, 11) is 7.87. The molecule has 0 bridgehead atoms. The second kappa shape index (κ2) is 9.65. The second-order valence-corrected chi connectivity index (χ2v) is 8.57. The molecule has 4 aromatic rings. The average molecular weight is 509 g/mol. The van der Waals surface area contributed by atoms with Crippen LogP contribution >= 0.6 is 0 Å². The Bertz CT molecular complexity index is 1490. The van der Waals surface area contributed by atoms with Crippen molar-refractivity contribution in [3.05, 3.63) is 47.5 Å². The summed E-state index contributed by atoms with van der Waals surface area (Å²) in [6.07, 6.45) is -0.869. The van der Waals surface area contributed by atoms with Gasteiger partial charge in [-0.2, -0.15) is 0 Å². The van der Waals surface area contributed by atoms with Gasteiger partial charge in [0.2, 0.25) is 0 Å². The second-order valence-electron chi connectivity index (χ2n) is 8.57. The number of hydrogen-bond donors (Lipinski definition) is 0. The van der Waals surface area contributed by atoms with Crippen molar-refractivity contribution >= 4 is 27.9 Å². The average Bonchev–Trinajstić information content (AvgIpc) is 3.27. The maximum Gasteiger partial charge on any atom is 0.303 e. The van der Waals surface area contributed by atoms with E-state index in [-0.39, 0.29) is 0 Å². The van der Waals surface area contributed by atoms with E-state index in [1.807, 2.05) is 24.3 Å². The van der Waals surface area contributed by atoms with Crippen LogP contribution < -0.4 is 28.4 Å². The molecule has 0 amide bonds. The van der Waals surface area contributed by atoms with Crippen LogP contribution in [0.1, 0.15) is 24.2 Å². The number of benzene rings is 3. The molecule has 0 aliphatic carbocycles. The van der Waals surface area contributed by atoms with Crippen molar-refractivity contribution in [3.8, 4) is 34.5 Å². The van der Waals surface area contributed by atoms with Gasteiger partial charge in [-0.05, 0) is 18.2 Å². The minimum atomic E-state index is -0.628. The zero-order chi connectivity index (χ0) is 26.3. The van der Waals surface area contributed by atoms with Crippen molar-refractivity contribution in [2.45, 2.75) is 25.6 Å². The number of ether oxygens (including phenoxy) is 7. The standard InChI is InChI=1S/C28H28O9/c1-14(29)35-25-11-17-19(31-3)12-24-26(16-10-22(33-5)23(34-6)13-20(16)36-24)28(17)37-27(25)15-7-8-18(30-2)21(9-15)32-4/h7-10,12-13,25,27H,11H2,1-6H3/t25-,27+/m0/s1. The van der Waals surface area contributed by atoms with Gasteiger partial charge >= 0.3 is 5.97 Å². The summed E-state index contributed by atoms with van der Waals surface area (Å²) in [6.45, 7) is 1.38. The Kier molecular flexibility index (Phi) is 6.37. The molecule has 0 unspecified atom stereocenters. The Balaban J connectivity index is 1.74. The van der Waals surface area contributed by atoms with Gasteiger partial charge in [0, 0.05) is 42.0 Å². The summed E-state index contributed by atoms with van der Waals surface area (Å²) in [6, 6.07) is 10.9. The first-order chi connectivity index (χ1) is 17.9. The fraction of sp³-hybridized carbons (Fsp3) is 0.321. The number of carbonyl (C=O) groups is 1. The number of rotatable bonds is 7.